The van der Waals surface area contributed by atoms with Gasteiger partial charge in [-0.05, 0) is 6.42 Å². The molecule has 0 bridgehead atoms. The summed E-state index contributed by atoms with van der Waals surface area (Å²) in [6, 6.07) is 0. The highest BCUT2D eigenvalue weighted by molar-refractivity contribution is 5.66. The highest BCUT2D eigenvalue weighted by Crippen LogP contribution is 1.95. The first-order chi connectivity index (χ1) is 4.20. The average Bonchev–Trinajstić information content (AvgIpc) is 1.82. The number of rotatable bonds is 3. The molecule has 0 saturated carbocycles. The Hall–Kier alpha value is -0.570. The molecule has 0 aromatic heterocycles. The third-order valence-corrected chi connectivity index (χ3v) is 0.992. The minimum absolute atomic E-state index is 0.0872. The third-order valence-electron chi connectivity index (χ3n) is 0.992. The summed E-state index contributed by atoms with van der Waals surface area (Å²) >= 11 is 0. The Morgan fingerprint density at radius 3 is 2.44 bits per heavy atom. The van der Waals surface area contributed by atoms with E-state index in [1.54, 1.807) is 0 Å². The van der Waals surface area contributed by atoms with E-state index in [9.17, 15) is 4.79 Å². The van der Waals surface area contributed by atoms with Crippen LogP contribution in [-0.4, -0.2) is 23.8 Å². The molecule has 0 radical (unpaired) electrons. The van der Waals surface area contributed by atoms with Gasteiger partial charge in [0.25, 0.3) is 0 Å². The molecule has 0 aromatic rings. The van der Waals surface area contributed by atoms with Crippen molar-refractivity contribution in [1.29, 1.82) is 0 Å². The fraction of sp³-hybridized carbons (Fsp3) is 0.833. The van der Waals surface area contributed by atoms with Gasteiger partial charge in [0.05, 0.1) is 6.61 Å². The Morgan fingerprint density at radius 1 is 1.78 bits per heavy atom. The van der Waals surface area contributed by atoms with Crippen LogP contribution in [-0.2, 0) is 9.53 Å². The van der Waals surface area contributed by atoms with Crippen molar-refractivity contribution in [2.75, 3.05) is 6.61 Å². The Kier molecular flexibility index (Phi) is 4.05. The van der Waals surface area contributed by atoms with Crippen LogP contribution in [0.3, 0.4) is 0 Å². The lowest BCUT2D eigenvalue weighted by Crippen LogP contribution is -2.18. The summed E-state index contributed by atoms with van der Waals surface area (Å²) < 4.78 is 4.66. The fourth-order valence-electron chi connectivity index (χ4n) is 0.484. The van der Waals surface area contributed by atoms with Gasteiger partial charge < -0.3 is 9.84 Å². The van der Waals surface area contributed by atoms with Crippen LogP contribution in [0, 0.1) is 0 Å². The quantitative estimate of drug-likeness (QED) is 0.562. The van der Waals surface area contributed by atoms with E-state index in [0.717, 1.165) is 0 Å². The smallest absolute Gasteiger partial charge is 0.302 e. The summed E-state index contributed by atoms with van der Waals surface area (Å²) in [4.78, 5) is 10.2. The van der Waals surface area contributed by atoms with Crippen LogP contribution in [0.25, 0.3) is 0 Å². The van der Waals surface area contributed by atoms with Crippen LogP contribution in [0.2, 0.25) is 0 Å². The Morgan fingerprint density at radius 2 is 2.33 bits per heavy atom. The van der Waals surface area contributed by atoms with Crippen molar-refractivity contribution < 1.29 is 14.6 Å². The van der Waals surface area contributed by atoms with Gasteiger partial charge in [0.15, 0.2) is 0 Å². The normalized spacial score (nSPS) is 12.8. The number of esters is 1. The van der Waals surface area contributed by atoms with Gasteiger partial charge in [0, 0.05) is 6.92 Å². The summed E-state index contributed by atoms with van der Waals surface area (Å²) in [6.45, 7) is 3.10. The summed E-state index contributed by atoms with van der Waals surface area (Å²) in [5.41, 5.74) is 0. The van der Waals surface area contributed by atoms with E-state index in [-0.39, 0.29) is 18.7 Å². The number of aliphatic hydroxyl groups is 1. The van der Waals surface area contributed by atoms with Gasteiger partial charge in [-0.3, -0.25) is 4.79 Å². The van der Waals surface area contributed by atoms with E-state index in [1.165, 1.54) is 6.92 Å². The van der Waals surface area contributed by atoms with Crippen molar-refractivity contribution >= 4 is 5.97 Å². The lowest BCUT2D eigenvalue weighted by atomic mass is 10.3. The molecule has 3 nitrogen and oxygen atoms in total. The maximum Gasteiger partial charge on any atom is 0.302 e. The zero-order valence-electron chi connectivity index (χ0n) is 5.76. The van der Waals surface area contributed by atoms with Crippen molar-refractivity contribution in [2.24, 2.45) is 0 Å². The number of ether oxygens (including phenoxy) is 1. The van der Waals surface area contributed by atoms with E-state index in [4.69, 9.17) is 5.11 Å². The van der Waals surface area contributed by atoms with E-state index >= 15 is 0 Å². The minimum atomic E-state index is -0.337. The van der Waals surface area contributed by atoms with Crippen LogP contribution in [0.15, 0.2) is 0 Å². The first-order valence-corrected chi connectivity index (χ1v) is 2.98. The molecule has 3 heteroatoms. The van der Waals surface area contributed by atoms with Gasteiger partial charge in [0.1, 0.15) is 6.10 Å². The second-order valence-corrected chi connectivity index (χ2v) is 1.82. The van der Waals surface area contributed by atoms with Crippen LogP contribution in [0.1, 0.15) is 20.3 Å². The molecule has 0 spiro atoms. The van der Waals surface area contributed by atoms with Crippen LogP contribution in [0.4, 0.5) is 0 Å². The number of hydrogen-bond acceptors (Lipinski definition) is 3. The van der Waals surface area contributed by atoms with E-state index in [1.807, 2.05) is 6.92 Å². The van der Waals surface area contributed by atoms with Crippen molar-refractivity contribution in [1.82, 2.24) is 0 Å². The molecule has 0 amide bonds. The summed E-state index contributed by atoms with van der Waals surface area (Å²) in [7, 11) is 0. The van der Waals surface area contributed by atoms with E-state index in [2.05, 4.69) is 4.74 Å². The van der Waals surface area contributed by atoms with Gasteiger partial charge in [0.2, 0.25) is 0 Å². The Labute approximate surface area is 54.6 Å². The molecule has 0 saturated heterocycles. The van der Waals surface area contributed by atoms with Crippen molar-refractivity contribution in [3.8, 4) is 0 Å². The molecule has 0 heterocycles. The second kappa shape index (κ2) is 4.32. The molecule has 9 heavy (non-hydrogen) atoms. The number of hydrogen-bond donors (Lipinski definition) is 1. The van der Waals surface area contributed by atoms with Gasteiger partial charge in [-0.1, -0.05) is 6.92 Å². The number of carbonyl (C=O) groups is 1. The Bertz CT molecular complexity index is 86.3. The SMILES string of the molecule is CC[C@H](CO)OC(C)=O. The van der Waals surface area contributed by atoms with Crippen LogP contribution >= 0.6 is 0 Å². The van der Waals surface area contributed by atoms with Gasteiger partial charge >= 0.3 is 5.97 Å². The van der Waals surface area contributed by atoms with E-state index in [0.29, 0.717) is 6.42 Å². The third kappa shape index (κ3) is 3.97. The maximum absolute atomic E-state index is 10.2. The monoisotopic (exact) mass is 132 g/mol. The second-order valence-electron chi connectivity index (χ2n) is 1.82. The highest BCUT2D eigenvalue weighted by atomic mass is 16.5. The zero-order valence-corrected chi connectivity index (χ0v) is 5.76. The predicted octanol–water partition coefficient (Wildman–Crippen LogP) is 0.320. The molecule has 54 valence electrons. The molecule has 0 aromatic carbocycles. The summed E-state index contributed by atoms with van der Waals surface area (Å²) in [5, 5.41) is 8.50. The van der Waals surface area contributed by atoms with Crippen LogP contribution in [0.5, 0.6) is 0 Å². The molecule has 0 aliphatic rings. The zero-order chi connectivity index (χ0) is 7.28. The molecule has 0 aliphatic heterocycles. The van der Waals surface area contributed by atoms with Crippen molar-refractivity contribution in [2.45, 2.75) is 26.4 Å². The molecule has 0 unspecified atom stereocenters. The summed E-state index contributed by atoms with van der Waals surface area (Å²) in [5.74, 6) is -0.337. The Balaban J connectivity index is 3.43. The average molecular weight is 132 g/mol. The standard InChI is InChI=1S/C6H12O3/c1-3-6(4-7)9-5(2)8/h6-7H,3-4H2,1-2H3/t6-/m1/s1. The van der Waals surface area contributed by atoms with Gasteiger partial charge in [-0.15, -0.1) is 0 Å². The van der Waals surface area contributed by atoms with Gasteiger partial charge in [-0.2, -0.15) is 0 Å². The topological polar surface area (TPSA) is 46.5 Å². The summed E-state index contributed by atoms with van der Waals surface area (Å²) in [6.07, 6.45) is 0.346. The van der Waals surface area contributed by atoms with Gasteiger partial charge in [-0.25, -0.2) is 0 Å². The predicted molar refractivity (Wildman–Crippen MR) is 32.9 cm³/mol. The molecule has 0 rings (SSSR count). The lowest BCUT2D eigenvalue weighted by Gasteiger charge is -2.10. The molecule has 1 N–H and O–H groups in total. The highest BCUT2D eigenvalue weighted by Gasteiger charge is 2.05. The molecule has 0 fully saturated rings. The van der Waals surface area contributed by atoms with Crippen LogP contribution < -0.4 is 0 Å². The maximum atomic E-state index is 10.2. The molecular formula is C6H12O3. The lowest BCUT2D eigenvalue weighted by molar-refractivity contribution is -0.148. The molecule has 1 atom stereocenters. The number of carbonyl (C=O) groups excluding carboxylic acids is 1. The number of aliphatic hydroxyl groups excluding tert-OH is 1. The largest absolute Gasteiger partial charge is 0.460 e. The van der Waals surface area contributed by atoms with E-state index < -0.39 is 0 Å². The fourth-order valence-corrected chi connectivity index (χ4v) is 0.484. The molecule has 0 aliphatic carbocycles. The first-order valence-electron chi connectivity index (χ1n) is 2.98. The molecular weight excluding hydrogens is 120 g/mol. The van der Waals surface area contributed by atoms with Crippen molar-refractivity contribution in [3.05, 3.63) is 0 Å². The first kappa shape index (κ1) is 8.43. The van der Waals surface area contributed by atoms with Crippen molar-refractivity contribution in [3.63, 3.8) is 0 Å². The minimum Gasteiger partial charge on any atom is -0.460 e.